The molecule has 0 aromatic heterocycles. The number of halogens is 1. The van der Waals surface area contributed by atoms with Gasteiger partial charge in [0.2, 0.25) is 11.8 Å². The van der Waals surface area contributed by atoms with Gasteiger partial charge in [-0.15, -0.1) is 0 Å². The van der Waals surface area contributed by atoms with E-state index in [0.29, 0.717) is 30.5 Å². The molecule has 0 saturated heterocycles. The summed E-state index contributed by atoms with van der Waals surface area (Å²) in [7, 11) is 0. The van der Waals surface area contributed by atoms with Gasteiger partial charge in [-0.1, -0.05) is 74.8 Å². The van der Waals surface area contributed by atoms with Crippen molar-refractivity contribution in [3.8, 4) is 0 Å². The van der Waals surface area contributed by atoms with Crippen LogP contribution in [0.2, 0.25) is 5.02 Å². The van der Waals surface area contributed by atoms with Gasteiger partial charge < -0.3 is 10.2 Å². The van der Waals surface area contributed by atoms with Crippen molar-refractivity contribution in [1.29, 1.82) is 0 Å². The van der Waals surface area contributed by atoms with E-state index in [1.165, 1.54) is 0 Å². The van der Waals surface area contributed by atoms with E-state index in [-0.39, 0.29) is 11.8 Å². The minimum Gasteiger partial charge on any atom is -0.354 e. The Kier molecular flexibility index (Phi) is 8.52. The quantitative estimate of drug-likeness (QED) is 0.645. The van der Waals surface area contributed by atoms with E-state index in [1.54, 1.807) is 17.0 Å². The number of benzene rings is 2. The standard InChI is InChI=1S/C23H29ClN2O2/c1-4-21(27)26(16-18-10-12-20(24)13-11-18)22(19-8-6-5-7-9-19)23(28)25-15-14-17(2)3/h5-13,17,22H,4,14-16H2,1-3H3,(H,25,28)/t22-/m0/s1. The molecule has 0 saturated carbocycles. The molecular formula is C23H29ClN2O2. The van der Waals surface area contributed by atoms with Gasteiger partial charge in [0, 0.05) is 24.5 Å². The number of carbonyl (C=O) groups is 2. The fourth-order valence-corrected chi connectivity index (χ4v) is 3.13. The molecule has 0 bridgehead atoms. The minimum absolute atomic E-state index is 0.0668. The minimum atomic E-state index is -0.670. The molecule has 0 spiro atoms. The normalized spacial score (nSPS) is 11.9. The Morgan fingerprint density at radius 3 is 2.25 bits per heavy atom. The van der Waals surface area contributed by atoms with Gasteiger partial charge >= 0.3 is 0 Å². The number of carbonyl (C=O) groups excluding carboxylic acids is 2. The first-order chi connectivity index (χ1) is 13.4. The second-order valence-electron chi connectivity index (χ2n) is 7.29. The van der Waals surface area contributed by atoms with Crippen LogP contribution in [0.1, 0.15) is 50.8 Å². The van der Waals surface area contributed by atoms with Crippen LogP contribution in [0.5, 0.6) is 0 Å². The second kappa shape index (κ2) is 10.9. The predicted molar refractivity (Wildman–Crippen MR) is 114 cm³/mol. The zero-order chi connectivity index (χ0) is 20.5. The lowest BCUT2D eigenvalue weighted by molar-refractivity contribution is -0.141. The highest BCUT2D eigenvalue weighted by Crippen LogP contribution is 2.25. The topological polar surface area (TPSA) is 49.4 Å². The third-order valence-corrected chi connectivity index (χ3v) is 4.84. The Bertz CT molecular complexity index is 760. The maximum atomic E-state index is 13.1. The Labute approximate surface area is 172 Å². The molecule has 0 radical (unpaired) electrons. The summed E-state index contributed by atoms with van der Waals surface area (Å²) in [6.07, 6.45) is 1.22. The van der Waals surface area contributed by atoms with Crippen LogP contribution in [-0.2, 0) is 16.1 Å². The number of hydrogen-bond acceptors (Lipinski definition) is 2. The molecule has 2 rings (SSSR count). The fraction of sp³-hybridized carbons (Fsp3) is 0.391. The number of nitrogens with zero attached hydrogens (tertiary/aromatic N) is 1. The molecule has 0 heterocycles. The van der Waals surface area contributed by atoms with Crippen molar-refractivity contribution >= 4 is 23.4 Å². The first-order valence-corrected chi connectivity index (χ1v) is 10.2. The highest BCUT2D eigenvalue weighted by atomic mass is 35.5. The van der Waals surface area contributed by atoms with E-state index < -0.39 is 6.04 Å². The van der Waals surface area contributed by atoms with Crippen molar-refractivity contribution in [3.05, 3.63) is 70.7 Å². The largest absolute Gasteiger partial charge is 0.354 e. The van der Waals surface area contributed by atoms with Gasteiger partial charge in [0.05, 0.1) is 0 Å². The van der Waals surface area contributed by atoms with E-state index in [4.69, 9.17) is 11.6 Å². The van der Waals surface area contributed by atoms with Crippen molar-refractivity contribution in [1.82, 2.24) is 10.2 Å². The summed E-state index contributed by atoms with van der Waals surface area (Å²) in [6, 6.07) is 16.2. The summed E-state index contributed by atoms with van der Waals surface area (Å²) in [4.78, 5) is 27.6. The average Bonchev–Trinajstić information content (AvgIpc) is 2.69. The molecule has 0 unspecified atom stereocenters. The summed E-state index contributed by atoms with van der Waals surface area (Å²) in [6.45, 7) is 6.99. The molecule has 0 fully saturated rings. The van der Waals surface area contributed by atoms with Crippen LogP contribution in [0.3, 0.4) is 0 Å². The predicted octanol–water partition coefficient (Wildman–Crippen LogP) is 4.98. The molecule has 0 aliphatic rings. The molecule has 2 aromatic rings. The molecular weight excluding hydrogens is 372 g/mol. The molecule has 1 atom stereocenters. The molecule has 2 aromatic carbocycles. The van der Waals surface area contributed by atoms with Gasteiger partial charge in [0.25, 0.3) is 0 Å². The van der Waals surface area contributed by atoms with E-state index in [0.717, 1.165) is 17.5 Å². The van der Waals surface area contributed by atoms with Gasteiger partial charge in [-0.05, 0) is 35.6 Å². The van der Waals surface area contributed by atoms with Crippen LogP contribution >= 0.6 is 11.6 Å². The molecule has 0 aliphatic heterocycles. The van der Waals surface area contributed by atoms with Crippen LogP contribution < -0.4 is 5.32 Å². The van der Waals surface area contributed by atoms with Gasteiger partial charge in [-0.3, -0.25) is 9.59 Å². The van der Waals surface area contributed by atoms with Crippen molar-refractivity contribution in [2.24, 2.45) is 5.92 Å². The van der Waals surface area contributed by atoms with E-state index in [9.17, 15) is 9.59 Å². The third kappa shape index (κ3) is 6.38. The fourth-order valence-electron chi connectivity index (χ4n) is 3.00. The lowest BCUT2D eigenvalue weighted by Crippen LogP contribution is -2.43. The zero-order valence-corrected chi connectivity index (χ0v) is 17.6. The summed E-state index contributed by atoms with van der Waals surface area (Å²) < 4.78 is 0. The van der Waals surface area contributed by atoms with E-state index in [1.807, 2.05) is 49.4 Å². The summed E-state index contributed by atoms with van der Waals surface area (Å²) in [5.74, 6) is 0.281. The molecule has 28 heavy (non-hydrogen) atoms. The average molecular weight is 401 g/mol. The maximum absolute atomic E-state index is 13.1. The van der Waals surface area contributed by atoms with Crippen molar-refractivity contribution < 1.29 is 9.59 Å². The van der Waals surface area contributed by atoms with Crippen molar-refractivity contribution in [2.45, 2.75) is 46.2 Å². The highest BCUT2D eigenvalue weighted by molar-refractivity contribution is 6.30. The number of hydrogen-bond donors (Lipinski definition) is 1. The monoisotopic (exact) mass is 400 g/mol. The Hall–Kier alpha value is -2.33. The Morgan fingerprint density at radius 1 is 1.04 bits per heavy atom. The van der Waals surface area contributed by atoms with E-state index >= 15 is 0 Å². The second-order valence-corrected chi connectivity index (χ2v) is 7.72. The summed E-state index contributed by atoms with van der Waals surface area (Å²) in [5.41, 5.74) is 1.74. The molecule has 150 valence electrons. The van der Waals surface area contributed by atoms with E-state index in [2.05, 4.69) is 19.2 Å². The van der Waals surface area contributed by atoms with Crippen LogP contribution in [0.25, 0.3) is 0 Å². The van der Waals surface area contributed by atoms with Gasteiger partial charge in [0.1, 0.15) is 6.04 Å². The SMILES string of the molecule is CCC(=O)N(Cc1ccc(Cl)cc1)[C@H](C(=O)NCCC(C)C)c1ccccc1. The van der Waals surface area contributed by atoms with Crippen LogP contribution in [-0.4, -0.2) is 23.3 Å². The lowest BCUT2D eigenvalue weighted by Gasteiger charge is -2.31. The number of amides is 2. The maximum Gasteiger partial charge on any atom is 0.247 e. The Morgan fingerprint density at radius 2 is 1.68 bits per heavy atom. The first kappa shape index (κ1) is 22.0. The molecule has 1 N–H and O–H groups in total. The van der Waals surface area contributed by atoms with Crippen LogP contribution in [0.4, 0.5) is 0 Å². The van der Waals surface area contributed by atoms with Gasteiger partial charge in [-0.2, -0.15) is 0 Å². The highest BCUT2D eigenvalue weighted by Gasteiger charge is 2.30. The summed E-state index contributed by atoms with van der Waals surface area (Å²) in [5, 5.41) is 3.65. The van der Waals surface area contributed by atoms with Crippen molar-refractivity contribution in [3.63, 3.8) is 0 Å². The number of rotatable bonds is 9. The molecule has 0 aliphatic carbocycles. The van der Waals surface area contributed by atoms with Gasteiger partial charge in [-0.25, -0.2) is 0 Å². The zero-order valence-electron chi connectivity index (χ0n) is 16.8. The smallest absolute Gasteiger partial charge is 0.247 e. The third-order valence-electron chi connectivity index (χ3n) is 4.59. The Balaban J connectivity index is 2.33. The van der Waals surface area contributed by atoms with Crippen LogP contribution in [0, 0.1) is 5.92 Å². The molecule has 4 nitrogen and oxygen atoms in total. The lowest BCUT2D eigenvalue weighted by atomic mass is 10.0. The molecule has 2 amide bonds. The number of nitrogens with one attached hydrogen (secondary N) is 1. The summed E-state index contributed by atoms with van der Waals surface area (Å²) >= 11 is 5.98. The first-order valence-electron chi connectivity index (χ1n) is 9.79. The van der Waals surface area contributed by atoms with Crippen molar-refractivity contribution in [2.75, 3.05) is 6.54 Å². The van der Waals surface area contributed by atoms with Gasteiger partial charge in [0.15, 0.2) is 0 Å². The van der Waals surface area contributed by atoms with Crippen LogP contribution in [0.15, 0.2) is 54.6 Å². The molecule has 5 heteroatoms.